The van der Waals surface area contributed by atoms with E-state index in [0.29, 0.717) is 31.3 Å². The minimum atomic E-state index is -0.684. The second-order valence-electron chi connectivity index (χ2n) is 7.52. The highest BCUT2D eigenvalue weighted by Gasteiger charge is 2.62. The first-order valence-corrected chi connectivity index (χ1v) is 10.0. The standard InChI is InChI=1S/C20H32O7/c1-7-19(8-2)24-14-13(11-22-17(21)12(5)6)23-18-16(15(14)25-19)26-20(9-3,10-4)27-18/h13-16,18H,5,7-11H2,1-4,6H3/t13-,14-,15+,16-,18+/m1/s1. The van der Waals surface area contributed by atoms with Crippen molar-refractivity contribution in [2.75, 3.05) is 6.61 Å². The lowest BCUT2D eigenvalue weighted by atomic mass is 9.99. The van der Waals surface area contributed by atoms with Gasteiger partial charge < -0.3 is 28.4 Å². The zero-order valence-corrected chi connectivity index (χ0v) is 17.0. The molecule has 0 saturated carbocycles. The van der Waals surface area contributed by atoms with E-state index in [-0.39, 0.29) is 18.8 Å². The van der Waals surface area contributed by atoms with E-state index in [1.54, 1.807) is 6.92 Å². The van der Waals surface area contributed by atoms with E-state index in [1.165, 1.54) is 0 Å². The quantitative estimate of drug-likeness (QED) is 0.493. The number of hydrogen-bond acceptors (Lipinski definition) is 7. The van der Waals surface area contributed by atoms with Gasteiger partial charge in [0.15, 0.2) is 17.9 Å². The molecular weight excluding hydrogens is 352 g/mol. The Balaban J connectivity index is 1.82. The van der Waals surface area contributed by atoms with Crippen molar-refractivity contribution in [2.24, 2.45) is 0 Å². The van der Waals surface area contributed by atoms with Gasteiger partial charge in [-0.1, -0.05) is 34.3 Å². The van der Waals surface area contributed by atoms with Gasteiger partial charge in [-0.3, -0.25) is 0 Å². The lowest BCUT2D eigenvalue weighted by Crippen LogP contribution is -2.56. The molecule has 3 aliphatic heterocycles. The van der Waals surface area contributed by atoms with Gasteiger partial charge in [-0.15, -0.1) is 0 Å². The summed E-state index contributed by atoms with van der Waals surface area (Å²) in [5.74, 6) is -1.82. The molecule has 7 heteroatoms. The zero-order chi connectivity index (χ0) is 19.8. The van der Waals surface area contributed by atoms with Crippen molar-refractivity contribution in [2.45, 2.75) is 103 Å². The van der Waals surface area contributed by atoms with Crippen LogP contribution in [-0.2, 0) is 33.2 Å². The van der Waals surface area contributed by atoms with Crippen LogP contribution in [0.25, 0.3) is 0 Å². The maximum absolute atomic E-state index is 11.8. The van der Waals surface area contributed by atoms with Crippen LogP contribution in [0.15, 0.2) is 12.2 Å². The molecule has 5 atom stereocenters. The topological polar surface area (TPSA) is 72.5 Å². The van der Waals surface area contributed by atoms with E-state index in [1.807, 2.05) is 27.7 Å². The van der Waals surface area contributed by atoms with E-state index in [0.717, 1.165) is 0 Å². The van der Waals surface area contributed by atoms with E-state index >= 15 is 0 Å². The monoisotopic (exact) mass is 384 g/mol. The van der Waals surface area contributed by atoms with Crippen molar-refractivity contribution in [1.29, 1.82) is 0 Å². The van der Waals surface area contributed by atoms with Crippen molar-refractivity contribution in [1.82, 2.24) is 0 Å². The van der Waals surface area contributed by atoms with Crippen LogP contribution < -0.4 is 0 Å². The summed E-state index contributed by atoms with van der Waals surface area (Å²) in [5.41, 5.74) is 0.344. The molecule has 0 spiro atoms. The Labute approximate surface area is 161 Å². The molecule has 154 valence electrons. The Morgan fingerprint density at radius 3 is 1.96 bits per heavy atom. The fourth-order valence-corrected chi connectivity index (χ4v) is 3.97. The summed E-state index contributed by atoms with van der Waals surface area (Å²) >= 11 is 0. The van der Waals surface area contributed by atoms with Crippen molar-refractivity contribution in [3.63, 3.8) is 0 Å². The Hall–Kier alpha value is -0.990. The van der Waals surface area contributed by atoms with Crippen molar-refractivity contribution < 1.29 is 33.2 Å². The summed E-state index contributed by atoms with van der Waals surface area (Å²) in [7, 11) is 0. The average molecular weight is 384 g/mol. The molecule has 3 rings (SSSR count). The van der Waals surface area contributed by atoms with E-state index in [4.69, 9.17) is 28.4 Å². The maximum atomic E-state index is 11.8. The average Bonchev–Trinajstić information content (AvgIpc) is 3.25. The molecular formula is C20H32O7. The number of ether oxygens (including phenoxy) is 6. The maximum Gasteiger partial charge on any atom is 0.333 e. The minimum absolute atomic E-state index is 0.0531. The highest BCUT2D eigenvalue weighted by molar-refractivity contribution is 5.86. The number of hydrogen-bond donors (Lipinski definition) is 0. The van der Waals surface area contributed by atoms with E-state index in [2.05, 4.69) is 6.58 Å². The van der Waals surface area contributed by atoms with E-state index in [9.17, 15) is 4.79 Å². The van der Waals surface area contributed by atoms with Crippen LogP contribution in [0.5, 0.6) is 0 Å². The summed E-state index contributed by atoms with van der Waals surface area (Å²) in [6, 6.07) is 0. The third kappa shape index (κ3) is 3.68. The van der Waals surface area contributed by atoms with Crippen molar-refractivity contribution in [3.05, 3.63) is 12.2 Å². The Morgan fingerprint density at radius 1 is 0.889 bits per heavy atom. The molecule has 0 N–H and O–H groups in total. The molecule has 0 aromatic rings. The summed E-state index contributed by atoms with van der Waals surface area (Å²) in [5, 5.41) is 0. The fraction of sp³-hybridized carbons (Fsp3) is 0.850. The van der Waals surface area contributed by atoms with Gasteiger partial charge in [-0.25, -0.2) is 4.79 Å². The number of fused-ring (bicyclic) bond motifs is 3. The predicted molar refractivity (Wildman–Crippen MR) is 96.8 cm³/mol. The molecule has 0 radical (unpaired) electrons. The van der Waals surface area contributed by atoms with Crippen LogP contribution in [-0.4, -0.2) is 54.9 Å². The van der Waals surface area contributed by atoms with Crippen LogP contribution in [0.1, 0.15) is 60.3 Å². The molecule has 27 heavy (non-hydrogen) atoms. The Morgan fingerprint density at radius 2 is 1.41 bits per heavy atom. The molecule has 3 fully saturated rings. The normalized spacial score (nSPS) is 36.1. The van der Waals surface area contributed by atoms with Gasteiger partial charge in [-0.2, -0.15) is 0 Å². The molecule has 0 aliphatic carbocycles. The summed E-state index contributed by atoms with van der Waals surface area (Å²) in [6.07, 6.45) is 0.664. The molecule has 3 heterocycles. The number of esters is 1. The van der Waals surface area contributed by atoms with Gasteiger partial charge in [0.2, 0.25) is 0 Å². The number of carbonyl (C=O) groups excluding carboxylic acids is 1. The first-order valence-electron chi connectivity index (χ1n) is 10.0. The lowest BCUT2D eigenvalue weighted by molar-refractivity contribution is -0.250. The number of rotatable bonds is 7. The van der Waals surface area contributed by atoms with Gasteiger partial charge in [-0.05, 0) is 32.6 Å². The molecule has 0 unspecified atom stereocenters. The van der Waals surface area contributed by atoms with Gasteiger partial charge in [0.1, 0.15) is 31.0 Å². The largest absolute Gasteiger partial charge is 0.459 e. The van der Waals surface area contributed by atoms with Crippen molar-refractivity contribution >= 4 is 5.97 Å². The molecule has 3 saturated heterocycles. The van der Waals surface area contributed by atoms with Crippen LogP contribution in [0, 0.1) is 0 Å². The van der Waals surface area contributed by atoms with Crippen molar-refractivity contribution in [3.8, 4) is 0 Å². The second kappa shape index (κ2) is 7.79. The summed E-state index contributed by atoms with van der Waals surface area (Å²) in [6.45, 7) is 13.4. The lowest BCUT2D eigenvalue weighted by Gasteiger charge is -2.36. The van der Waals surface area contributed by atoms with Crippen LogP contribution >= 0.6 is 0 Å². The SMILES string of the molecule is C=C(C)C(=O)OC[C@H]1O[C@H]2OC(CC)(CC)O[C@@H]2[C@H]2OC(CC)(CC)O[C@@H]21. The summed E-state index contributed by atoms with van der Waals surface area (Å²) < 4.78 is 36.6. The Kier molecular flexibility index (Phi) is 5.99. The second-order valence-corrected chi connectivity index (χ2v) is 7.52. The smallest absolute Gasteiger partial charge is 0.333 e. The van der Waals surface area contributed by atoms with Gasteiger partial charge >= 0.3 is 5.97 Å². The zero-order valence-electron chi connectivity index (χ0n) is 17.0. The molecule has 7 nitrogen and oxygen atoms in total. The fourth-order valence-electron chi connectivity index (χ4n) is 3.97. The first-order chi connectivity index (χ1) is 12.8. The Bertz CT molecular complexity index is 567. The van der Waals surface area contributed by atoms with Gasteiger partial charge in [0.05, 0.1) is 0 Å². The third-order valence-electron chi connectivity index (χ3n) is 5.86. The van der Waals surface area contributed by atoms with E-state index < -0.39 is 36.0 Å². The molecule has 0 bridgehead atoms. The van der Waals surface area contributed by atoms with Gasteiger partial charge in [0, 0.05) is 5.57 Å². The van der Waals surface area contributed by atoms with Crippen LogP contribution in [0.2, 0.25) is 0 Å². The first kappa shape index (κ1) is 20.7. The molecule has 0 aromatic heterocycles. The molecule has 0 amide bonds. The predicted octanol–water partition coefficient (Wildman–Crippen LogP) is 3.06. The summed E-state index contributed by atoms with van der Waals surface area (Å²) in [4.78, 5) is 11.8. The number of carbonyl (C=O) groups is 1. The highest BCUT2D eigenvalue weighted by Crippen LogP contribution is 2.47. The van der Waals surface area contributed by atoms with Crippen LogP contribution in [0.4, 0.5) is 0 Å². The third-order valence-corrected chi connectivity index (χ3v) is 5.86. The minimum Gasteiger partial charge on any atom is -0.459 e. The molecule has 3 aliphatic rings. The van der Waals surface area contributed by atoms with Crippen LogP contribution in [0.3, 0.4) is 0 Å². The molecule has 0 aromatic carbocycles. The highest BCUT2D eigenvalue weighted by atomic mass is 16.9. The van der Waals surface area contributed by atoms with Gasteiger partial charge in [0.25, 0.3) is 0 Å².